The van der Waals surface area contributed by atoms with Crippen molar-refractivity contribution in [3.63, 3.8) is 0 Å². The van der Waals surface area contributed by atoms with Crippen molar-refractivity contribution in [3.05, 3.63) is 0 Å². The van der Waals surface area contributed by atoms with Gasteiger partial charge in [0.2, 0.25) is 5.91 Å². The SMILES string of the molecule is Cl.O=C(CN1CCOCC1)NCC12CC3CC(CC(C3)C1)C2. The maximum Gasteiger partial charge on any atom is 0.234 e. The first kappa shape index (κ1) is 16.5. The molecule has 1 heterocycles. The molecule has 0 radical (unpaired) electrons. The third-order valence-corrected chi connectivity index (χ3v) is 6.30. The van der Waals surface area contributed by atoms with Crippen LogP contribution in [0.25, 0.3) is 0 Å². The zero-order chi connectivity index (χ0) is 14.3. The molecule has 1 amide bonds. The molecule has 0 unspecified atom stereocenters. The van der Waals surface area contributed by atoms with Gasteiger partial charge in [0.15, 0.2) is 0 Å². The number of carbonyl (C=O) groups is 1. The van der Waals surface area contributed by atoms with Crippen LogP contribution in [0.5, 0.6) is 0 Å². The minimum atomic E-state index is 0. The Morgan fingerprint density at radius 1 is 1.05 bits per heavy atom. The summed E-state index contributed by atoms with van der Waals surface area (Å²) in [6.45, 7) is 4.80. The van der Waals surface area contributed by atoms with Gasteiger partial charge in [0.1, 0.15) is 0 Å². The van der Waals surface area contributed by atoms with Crippen LogP contribution in [0, 0.1) is 23.2 Å². The lowest BCUT2D eigenvalue weighted by Crippen LogP contribution is -2.52. The van der Waals surface area contributed by atoms with E-state index >= 15 is 0 Å². The molecule has 126 valence electrons. The summed E-state index contributed by atoms with van der Waals surface area (Å²) in [5.41, 5.74) is 0.454. The molecular weight excluding hydrogens is 300 g/mol. The van der Waals surface area contributed by atoms with Gasteiger partial charge in [0.25, 0.3) is 0 Å². The molecule has 4 nitrogen and oxygen atoms in total. The molecule has 4 bridgehead atoms. The molecule has 1 N–H and O–H groups in total. The molecule has 22 heavy (non-hydrogen) atoms. The number of rotatable bonds is 4. The Bertz CT molecular complexity index is 374. The van der Waals surface area contributed by atoms with Crippen molar-refractivity contribution in [2.24, 2.45) is 23.2 Å². The van der Waals surface area contributed by atoms with Crippen LogP contribution in [0.1, 0.15) is 38.5 Å². The van der Waals surface area contributed by atoms with E-state index in [1.54, 1.807) is 0 Å². The predicted octanol–water partition coefficient (Wildman–Crippen LogP) is 2.07. The fourth-order valence-corrected chi connectivity index (χ4v) is 5.81. The lowest BCUT2D eigenvalue weighted by molar-refractivity contribution is -0.125. The van der Waals surface area contributed by atoms with Crippen LogP contribution in [0.3, 0.4) is 0 Å². The van der Waals surface area contributed by atoms with Crippen LogP contribution in [0.2, 0.25) is 0 Å². The predicted molar refractivity (Wildman–Crippen MR) is 88.1 cm³/mol. The summed E-state index contributed by atoms with van der Waals surface area (Å²) < 4.78 is 5.33. The van der Waals surface area contributed by atoms with E-state index in [0.29, 0.717) is 12.0 Å². The van der Waals surface area contributed by atoms with Crippen molar-refractivity contribution < 1.29 is 9.53 Å². The monoisotopic (exact) mass is 328 g/mol. The average molecular weight is 329 g/mol. The van der Waals surface area contributed by atoms with Crippen molar-refractivity contribution in [3.8, 4) is 0 Å². The van der Waals surface area contributed by atoms with Gasteiger partial charge in [0, 0.05) is 19.6 Å². The van der Waals surface area contributed by atoms with Crippen LogP contribution in [0.15, 0.2) is 0 Å². The molecule has 1 saturated heterocycles. The molecular formula is C17H29ClN2O2. The molecule has 5 rings (SSSR count). The highest BCUT2D eigenvalue weighted by atomic mass is 35.5. The third kappa shape index (κ3) is 3.44. The summed E-state index contributed by atoms with van der Waals surface area (Å²) in [7, 11) is 0. The first-order valence-electron chi connectivity index (χ1n) is 8.78. The topological polar surface area (TPSA) is 41.6 Å². The number of nitrogens with zero attached hydrogens (tertiary/aromatic N) is 1. The van der Waals surface area contributed by atoms with E-state index in [1.165, 1.54) is 38.5 Å². The van der Waals surface area contributed by atoms with Crippen LogP contribution in [0.4, 0.5) is 0 Å². The van der Waals surface area contributed by atoms with Crippen molar-refractivity contribution in [2.45, 2.75) is 38.5 Å². The minimum Gasteiger partial charge on any atom is -0.379 e. The Labute approximate surface area is 139 Å². The fraction of sp³-hybridized carbons (Fsp3) is 0.941. The summed E-state index contributed by atoms with van der Waals surface area (Å²) in [5, 5.41) is 3.27. The quantitative estimate of drug-likeness (QED) is 0.859. The molecule has 5 heteroatoms. The lowest BCUT2D eigenvalue weighted by atomic mass is 9.49. The van der Waals surface area contributed by atoms with Crippen molar-refractivity contribution in [2.75, 3.05) is 39.4 Å². The average Bonchev–Trinajstić information content (AvgIpc) is 2.45. The number of hydrogen-bond acceptors (Lipinski definition) is 3. The van der Waals surface area contributed by atoms with Gasteiger partial charge in [0.05, 0.1) is 19.8 Å². The maximum absolute atomic E-state index is 12.2. The van der Waals surface area contributed by atoms with E-state index < -0.39 is 0 Å². The van der Waals surface area contributed by atoms with E-state index in [4.69, 9.17) is 4.74 Å². The summed E-state index contributed by atoms with van der Waals surface area (Å²) in [6.07, 6.45) is 8.54. The molecule has 0 aromatic carbocycles. The van der Waals surface area contributed by atoms with Gasteiger partial charge in [-0.15, -0.1) is 12.4 Å². The number of morpholine rings is 1. The molecule has 0 aromatic heterocycles. The zero-order valence-electron chi connectivity index (χ0n) is 13.4. The highest BCUT2D eigenvalue weighted by molar-refractivity contribution is 5.85. The zero-order valence-corrected chi connectivity index (χ0v) is 14.2. The number of nitrogens with one attached hydrogen (secondary N) is 1. The van der Waals surface area contributed by atoms with Gasteiger partial charge in [-0.3, -0.25) is 9.69 Å². The van der Waals surface area contributed by atoms with Gasteiger partial charge in [-0.25, -0.2) is 0 Å². The molecule has 4 saturated carbocycles. The molecule has 5 aliphatic rings. The Kier molecular flexibility index (Phi) is 5.01. The number of carbonyl (C=O) groups excluding carboxylic acids is 1. The summed E-state index contributed by atoms with van der Waals surface area (Å²) in [5.74, 6) is 3.11. The first-order valence-corrected chi connectivity index (χ1v) is 8.78. The second-order valence-electron chi connectivity index (χ2n) is 8.08. The second kappa shape index (κ2) is 6.66. The summed E-state index contributed by atoms with van der Waals surface area (Å²) in [4.78, 5) is 14.4. The molecule has 0 atom stereocenters. The van der Waals surface area contributed by atoms with Gasteiger partial charge in [-0.2, -0.15) is 0 Å². The van der Waals surface area contributed by atoms with Crippen molar-refractivity contribution in [1.82, 2.24) is 10.2 Å². The largest absolute Gasteiger partial charge is 0.379 e. The van der Waals surface area contributed by atoms with Crippen molar-refractivity contribution >= 4 is 18.3 Å². The standard InChI is InChI=1S/C17H28N2O2.ClH/c20-16(11-19-1-3-21-4-2-19)18-12-17-8-13-5-14(9-17)7-15(6-13)10-17;/h13-15H,1-12H2,(H,18,20);1H. The molecule has 0 spiro atoms. The van der Waals surface area contributed by atoms with E-state index in [-0.39, 0.29) is 18.3 Å². The lowest BCUT2D eigenvalue weighted by Gasteiger charge is -2.56. The molecule has 0 aromatic rings. The van der Waals surface area contributed by atoms with Crippen LogP contribution < -0.4 is 5.32 Å². The minimum absolute atomic E-state index is 0. The van der Waals surface area contributed by atoms with Gasteiger partial charge in [-0.1, -0.05) is 0 Å². The van der Waals surface area contributed by atoms with E-state index in [1.807, 2.05) is 0 Å². The molecule has 1 aliphatic heterocycles. The number of halogens is 1. The Hall–Kier alpha value is -0.320. The van der Waals surface area contributed by atoms with Crippen molar-refractivity contribution in [1.29, 1.82) is 0 Å². The summed E-state index contributed by atoms with van der Waals surface area (Å²) in [6, 6.07) is 0. The first-order chi connectivity index (χ1) is 10.2. The third-order valence-electron chi connectivity index (χ3n) is 6.30. The summed E-state index contributed by atoms with van der Waals surface area (Å²) >= 11 is 0. The smallest absolute Gasteiger partial charge is 0.234 e. The van der Waals surface area contributed by atoms with Gasteiger partial charge >= 0.3 is 0 Å². The normalized spacial score (nSPS) is 40.3. The van der Waals surface area contributed by atoms with Gasteiger partial charge < -0.3 is 10.1 Å². The highest BCUT2D eigenvalue weighted by Gasteiger charge is 2.50. The number of ether oxygens (including phenoxy) is 1. The van der Waals surface area contributed by atoms with Gasteiger partial charge in [-0.05, 0) is 61.7 Å². The van der Waals surface area contributed by atoms with E-state index in [0.717, 1.165) is 50.6 Å². The Morgan fingerprint density at radius 3 is 2.14 bits per heavy atom. The number of amides is 1. The Morgan fingerprint density at radius 2 is 1.59 bits per heavy atom. The van der Waals surface area contributed by atoms with Crippen LogP contribution in [-0.4, -0.2) is 50.2 Å². The molecule has 5 fully saturated rings. The highest BCUT2D eigenvalue weighted by Crippen LogP contribution is 2.59. The Balaban J connectivity index is 0.00000144. The van der Waals surface area contributed by atoms with E-state index in [2.05, 4.69) is 10.2 Å². The number of hydrogen-bond donors (Lipinski definition) is 1. The molecule has 4 aliphatic carbocycles. The van der Waals surface area contributed by atoms with E-state index in [9.17, 15) is 4.79 Å². The van der Waals surface area contributed by atoms with Crippen LogP contribution >= 0.6 is 12.4 Å². The fourth-order valence-electron chi connectivity index (χ4n) is 5.81. The second-order valence-corrected chi connectivity index (χ2v) is 8.08. The van der Waals surface area contributed by atoms with Crippen LogP contribution in [-0.2, 0) is 9.53 Å². The maximum atomic E-state index is 12.2.